The van der Waals surface area contributed by atoms with Gasteiger partial charge in [-0.25, -0.2) is 9.78 Å². The van der Waals surface area contributed by atoms with Crippen molar-refractivity contribution in [3.05, 3.63) is 5.82 Å². The van der Waals surface area contributed by atoms with E-state index < -0.39 is 17.6 Å². The quantitative estimate of drug-likeness (QED) is 0.0960. The number of hydrogen-bond donors (Lipinski definition) is 1. The fourth-order valence-electron chi connectivity index (χ4n) is 4.07. The van der Waals surface area contributed by atoms with Gasteiger partial charge in [-0.05, 0) is 60.8 Å². The highest BCUT2D eigenvalue weighted by molar-refractivity contribution is 7.99. The van der Waals surface area contributed by atoms with Crippen LogP contribution in [0.4, 0.5) is 4.79 Å². The number of amides is 1. The molecule has 0 bridgehead atoms. The van der Waals surface area contributed by atoms with Gasteiger partial charge in [0.15, 0.2) is 0 Å². The number of nitrogens with one attached hydrogen (secondary N) is 1. The minimum Gasteiger partial charge on any atom is -0.374 e. The standard InChI is InChI=1S/C25H52N4O7SSi2/c1-8-15-18-23-27-24(37-20-17-22-39(34-12-5,35-13-6)36-14-7)28-29(23)25(30)26-19-16-21-38(31-9-2,32-10-3)33-11-4/h8-22H2,1-7H3,(H,26,30). The summed E-state index contributed by atoms with van der Waals surface area (Å²) in [6.07, 6.45) is 4.17. The van der Waals surface area contributed by atoms with Gasteiger partial charge >= 0.3 is 23.6 Å². The van der Waals surface area contributed by atoms with E-state index in [2.05, 4.69) is 22.3 Å². The average Bonchev–Trinajstić information content (AvgIpc) is 3.32. The topological polar surface area (TPSA) is 115 Å². The van der Waals surface area contributed by atoms with Crippen molar-refractivity contribution in [3.63, 3.8) is 0 Å². The van der Waals surface area contributed by atoms with Crippen LogP contribution in [0.15, 0.2) is 5.16 Å². The molecule has 14 heteroatoms. The van der Waals surface area contributed by atoms with Crippen LogP contribution in [-0.4, -0.2) is 90.3 Å². The molecule has 1 N–H and O–H groups in total. The maximum atomic E-state index is 13.0. The van der Waals surface area contributed by atoms with Crippen molar-refractivity contribution in [2.24, 2.45) is 0 Å². The molecule has 1 heterocycles. The SMILES string of the molecule is CCCCc1nc(SCCC[Si](OCC)(OCC)OCC)nn1C(=O)NCCC[Si](OCC)(OCC)OCC. The minimum absolute atomic E-state index is 0.271. The van der Waals surface area contributed by atoms with Crippen molar-refractivity contribution in [1.29, 1.82) is 0 Å². The summed E-state index contributed by atoms with van der Waals surface area (Å²) in [4.78, 5) is 17.7. The number of unbranched alkanes of at least 4 members (excludes halogenated alkanes) is 1. The van der Waals surface area contributed by atoms with Gasteiger partial charge in [0.1, 0.15) is 5.82 Å². The zero-order chi connectivity index (χ0) is 29.0. The number of hydrogen-bond acceptors (Lipinski definition) is 10. The summed E-state index contributed by atoms with van der Waals surface area (Å²) in [6, 6.07) is 1.10. The minimum atomic E-state index is -2.73. The zero-order valence-electron chi connectivity index (χ0n) is 25.2. The molecule has 0 spiro atoms. The van der Waals surface area contributed by atoms with E-state index in [1.807, 2.05) is 41.5 Å². The molecule has 0 aliphatic carbocycles. The molecule has 1 aromatic rings. The van der Waals surface area contributed by atoms with Gasteiger partial charge in [-0.3, -0.25) is 0 Å². The lowest BCUT2D eigenvalue weighted by atomic mass is 10.2. The number of carbonyl (C=O) groups excluding carboxylic acids is 1. The van der Waals surface area contributed by atoms with E-state index >= 15 is 0 Å². The number of nitrogens with zero attached hydrogens (tertiary/aromatic N) is 3. The first-order valence-electron chi connectivity index (χ1n) is 14.6. The number of thioether (sulfide) groups is 1. The Morgan fingerprint density at radius 1 is 0.769 bits per heavy atom. The Bertz CT molecular complexity index is 758. The Balaban J connectivity index is 2.75. The van der Waals surface area contributed by atoms with E-state index in [0.717, 1.165) is 31.1 Å². The van der Waals surface area contributed by atoms with Gasteiger partial charge in [0.25, 0.3) is 0 Å². The molecule has 0 atom stereocenters. The van der Waals surface area contributed by atoms with E-state index in [1.165, 1.54) is 16.4 Å². The summed E-state index contributed by atoms with van der Waals surface area (Å²) in [6.45, 7) is 17.6. The molecule has 0 unspecified atom stereocenters. The predicted molar refractivity (Wildman–Crippen MR) is 158 cm³/mol. The number of aryl methyl sites for hydroxylation is 1. The van der Waals surface area contributed by atoms with Gasteiger partial charge < -0.3 is 31.9 Å². The van der Waals surface area contributed by atoms with Crippen molar-refractivity contribution in [3.8, 4) is 0 Å². The average molecular weight is 609 g/mol. The molecular weight excluding hydrogens is 557 g/mol. The van der Waals surface area contributed by atoms with E-state index in [0.29, 0.717) is 76.1 Å². The monoisotopic (exact) mass is 608 g/mol. The van der Waals surface area contributed by atoms with Crippen molar-refractivity contribution >= 4 is 35.4 Å². The van der Waals surface area contributed by atoms with Gasteiger partial charge in [-0.1, -0.05) is 25.1 Å². The lowest BCUT2D eigenvalue weighted by molar-refractivity contribution is 0.0702. The third-order valence-electron chi connectivity index (χ3n) is 5.58. The molecule has 0 aliphatic rings. The lowest BCUT2D eigenvalue weighted by Crippen LogP contribution is -2.46. The van der Waals surface area contributed by atoms with E-state index in [9.17, 15) is 4.79 Å². The Hall–Kier alpha value is -0.846. The Morgan fingerprint density at radius 3 is 1.72 bits per heavy atom. The molecule has 0 radical (unpaired) electrons. The third-order valence-corrected chi connectivity index (χ3v) is 12.8. The second-order valence-electron chi connectivity index (χ2n) is 8.58. The van der Waals surface area contributed by atoms with Crippen LogP contribution in [0.1, 0.15) is 80.0 Å². The first-order valence-corrected chi connectivity index (χ1v) is 19.4. The smallest absolute Gasteiger partial charge is 0.374 e. The van der Waals surface area contributed by atoms with Crippen LogP contribution in [-0.2, 0) is 33.0 Å². The van der Waals surface area contributed by atoms with Crippen LogP contribution in [0.25, 0.3) is 0 Å². The van der Waals surface area contributed by atoms with Crippen molar-refractivity contribution in [2.75, 3.05) is 51.9 Å². The molecule has 1 rings (SSSR count). The second-order valence-corrected chi connectivity index (χ2v) is 15.1. The lowest BCUT2D eigenvalue weighted by Gasteiger charge is -2.28. The van der Waals surface area contributed by atoms with Crippen LogP contribution in [0.5, 0.6) is 0 Å². The normalized spacial score (nSPS) is 12.3. The van der Waals surface area contributed by atoms with Gasteiger partial charge in [-0.15, -0.1) is 5.10 Å². The fraction of sp³-hybridized carbons (Fsp3) is 0.880. The van der Waals surface area contributed by atoms with Crippen LogP contribution >= 0.6 is 11.8 Å². The van der Waals surface area contributed by atoms with Crippen LogP contribution < -0.4 is 5.32 Å². The van der Waals surface area contributed by atoms with Crippen LogP contribution in [0.3, 0.4) is 0 Å². The molecule has 39 heavy (non-hydrogen) atoms. The molecular formula is C25H52N4O7SSi2. The van der Waals surface area contributed by atoms with E-state index in [-0.39, 0.29) is 6.03 Å². The largest absolute Gasteiger partial charge is 0.500 e. The molecule has 0 aliphatic heterocycles. The van der Waals surface area contributed by atoms with Crippen LogP contribution in [0.2, 0.25) is 12.1 Å². The Labute approximate surface area is 242 Å². The molecule has 228 valence electrons. The summed E-state index contributed by atoms with van der Waals surface area (Å²) in [5.74, 6) is 1.46. The zero-order valence-corrected chi connectivity index (χ0v) is 28.0. The van der Waals surface area contributed by atoms with Crippen molar-refractivity contribution in [1.82, 2.24) is 20.1 Å². The Kier molecular flexibility index (Phi) is 19.4. The molecule has 0 fully saturated rings. The molecule has 1 aromatic heterocycles. The summed E-state index contributed by atoms with van der Waals surface area (Å²) < 4.78 is 37.0. The second kappa shape index (κ2) is 20.9. The number of carbonyl (C=O) groups is 1. The molecule has 0 aromatic carbocycles. The van der Waals surface area contributed by atoms with Crippen molar-refractivity contribution < 1.29 is 31.4 Å². The Morgan fingerprint density at radius 2 is 1.26 bits per heavy atom. The first-order chi connectivity index (χ1) is 18.9. The molecule has 11 nitrogen and oxygen atoms in total. The van der Waals surface area contributed by atoms with Gasteiger partial charge in [0, 0.05) is 70.4 Å². The maximum absolute atomic E-state index is 13.0. The molecule has 0 saturated carbocycles. The summed E-state index contributed by atoms with van der Waals surface area (Å²) in [5.41, 5.74) is 0. The summed E-state index contributed by atoms with van der Waals surface area (Å²) in [5, 5.41) is 8.11. The molecule has 0 saturated heterocycles. The predicted octanol–water partition coefficient (Wildman–Crippen LogP) is 5.15. The van der Waals surface area contributed by atoms with Gasteiger partial charge in [0.2, 0.25) is 5.16 Å². The highest BCUT2D eigenvalue weighted by Crippen LogP contribution is 2.23. The van der Waals surface area contributed by atoms with Crippen molar-refractivity contribution in [2.45, 2.75) is 97.8 Å². The highest BCUT2D eigenvalue weighted by Gasteiger charge is 2.40. The number of rotatable bonds is 24. The maximum Gasteiger partial charge on any atom is 0.500 e. The summed E-state index contributed by atoms with van der Waals surface area (Å²) >= 11 is 1.54. The van der Waals surface area contributed by atoms with Gasteiger partial charge in [-0.2, -0.15) is 4.68 Å². The first kappa shape index (κ1) is 36.2. The highest BCUT2D eigenvalue weighted by atomic mass is 32.2. The van der Waals surface area contributed by atoms with Crippen LogP contribution in [0, 0.1) is 0 Å². The van der Waals surface area contributed by atoms with E-state index in [4.69, 9.17) is 26.6 Å². The molecule has 1 amide bonds. The number of aromatic nitrogens is 3. The van der Waals surface area contributed by atoms with E-state index in [1.54, 1.807) is 0 Å². The van der Waals surface area contributed by atoms with Gasteiger partial charge in [0.05, 0.1) is 0 Å². The fourth-order valence-corrected chi connectivity index (χ4v) is 10.3. The summed E-state index contributed by atoms with van der Waals surface area (Å²) in [7, 11) is -5.40. The third kappa shape index (κ3) is 13.1.